The van der Waals surface area contributed by atoms with Gasteiger partial charge in [0.25, 0.3) is 0 Å². The van der Waals surface area contributed by atoms with Crippen LogP contribution >= 0.6 is 11.3 Å². The summed E-state index contributed by atoms with van der Waals surface area (Å²) in [6.45, 7) is 0. The second-order valence-electron chi connectivity index (χ2n) is 2.60. The molecule has 1 heterocycles. The van der Waals surface area contributed by atoms with Gasteiger partial charge < -0.3 is 0 Å². The number of benzene rings is 1. The molecule has 0 saturated carbocycles. The van der Waals surface area contributed by atoms with Crippen molar-refractivity contribution in [3.05, 3.63) is 23.2 Å². The predicted molar refractivity (Wildman–Crippen MR) is 55.6 cm³/mol. The van der Waals surface area contributed by atoms with Crippen LogP contribution in [0.4, 0.5) is 0 Å². The van der Waals surface area contributed by atoms with Crippen LogP contribution in [0.15, 0.2) is 18.2 Å². The van der Waals surface area contributed by atoms with Crippen LogP contribution in [-0.2, 0) is 5.21 Å². The van der Waals surface area contributed by atoms with Crippen LogP contribution in [0.3, 0.4) is 0 Å². The first-order valence-electron chi connectivity index (χ1n) is 3.88. The van der Waals surface area contributed by atoms with Crippen molar-refractivity contribution < 1.29 is 4.74 Å². The fourth-order valence-corrected chi connectivity index (χ4v) is 2.51. The van der Waals surface area contributed by atoms with Crippen molar-refractivity contribution in [3.8, 4) is 5.75 Å². The normalized spacial score (nSPS) is 10.6. The summed E-state index contributed by atoms with van der Waals surface area (Å²) in [5.41, 5.74) is 1.03. The summed E-state index contributed by atoms with van der Waals surface area (Å²) < 4.78 is 6.35. The van der Waals surface area contributed by atoms with E-state index in [2.05, 4.69) is 27.9 Å². The molecule has 2 aromatic rings. The Morgan fingerprint density at radius 3 is 3.08 bits per heavy atom. The molecule has 4 heteroatoms. The van der Waals surface area contributed by atoms with Gasteiger partial charge in [-0.25, -0.2) is 0 Å². The zero-order chi connectivity index (χ0) is 9.26. The Kier molecular flexibility index (Phi) is 2.56. The summed E-state index contributed by atoms with van der Waals surface area (Å²) in [7, 11) is 1.67. The Morgan fingerprint density at radius 2 is 2.38 bits per heavy atom. The fraction of sp³-hybridized carbons (Fsp3) is 0.222. The van der Waals surface area contributed by atoms with Gasteiger partial charge in [0.2, 0.25) is 0 Å². The van der Waals surface area contributed by atoms with E-state index in [9.17, 15) is 0 Å². The van der Waals surface area contributed by atoms with E-state index in [0.717, 1.165) is 21.5 Å². The molecule has 0 amide bonds. The molecule has 0 aliphatic carbocycles. The van der Waals surface area contributed by atoms with Gasteiger partial charge in [0, 0.05) is 0 Å². The van der Waals surface area contributed by atoms with Crippen molar-refractivity contribution >= 4 is 38.4 Å². The summed E-state index contributed by atoms with van der Waals surface area (Å²) in [6, 6.07) is 5.99. The van der Waals surface area contributed by atoms with E-state index in [1.54, 1.807) is 18.4 Å². The molecule has 2 nitrogen and oxygen atoms in total. The Bertz CT molecular complexity index is 424. The molecule has 0 atom stereocenters. The Hall–Kier alpha value is -0.532. The molecule has 2 radical (unpaired) electrons. The van der Waals surface area contributed by atoms with E-state index >= 15 is 0 Å². The number of ether oxygens (including phenoxy) is 1. The van der Waals surface area contributed by atoms with Crippen molar-refractivity contribution in [2.24, 2.45) is 0 Å². The standard InChI is InChI=1S/C9H8AsNOS/c1-12-6-2-3-8-7(4-6)11-9(5-10)13-8/h2-4H,5H2,1H3. The molecule has 1 aromatic heterocycles. The summed E-state index contributed by atoms with van der Waals surface area (Å²) in [5, 5.41) is 2.09. The van der Waals surface area contributed by atoms with Gasteiger partial charge in [-0.1, -0.05) is 0 Å². The molecule has 1 aromatic carbocycles. The Morgan fingerprint density at radius 1 is 1.54 bits per heavy atom. The predicted octanol–water partition coefficient (Wildman–Crippen LogP) is 1.97. The molecule has 0 fully saturated rings. The SMILES string of the molecule is COc1ccc2sc(C[As])nc2c1. The number of fused-ring (bicyclic) bond motifs is 1. The zero-order valence-corrected chi connectivity index (χ0v) is 9.84. The third kappa shape index (κ3) is 1.72. The zero-order valence-electron chi connectivity index (χ0n) is 7.15. The fourth-order valence-electron chi connectivity index (χ4n) is 1.15. The first kappa shape index (κ1) is 9.04. The third-order valence-corrected chi connectivity index (χ3v) is 3.90. The molecule has 66 valence electrons. The molecule has 0 aliphatic heterocycles. The second kappa shape index (κ2) is 3.68. The van der Waals surface area contributed by atoms with Gasteiger partial charge in [-0.15, -0.1) is 0 Å². The van der Waals surface area contributed by atoms with Crippen LogP contribution in [0.25, 0.3) is 10.2 Å². The Labute approximate surface area is 89.4 Å². The number of rotatable bonds is 2. The van der Waals surface area contributed by atoms with E-state index < -0.39 is 0 Å². The second-order valence-corrected chi connectivity index (χ2v) is 4.38. The van der Waals surface area contributed by atoms with Crippen LogP contribution in [0.5, 0.6) is 5.75 Å². The first-order valence-corrected chi connectivity index (χ1v) is 6.02. The molecule has 0 saturated heterocycles. The van der Waals surface area contributed by atoms with E-state index in [1.807, 2.05) is 12.1 Å². The number of hydrogen-bond acceptors (Lipinski definition) is 3. The molecule has 2 rings (SSSR count). The van der Waals surface area contributed by atoms with Crippen LogP contribution in [-0.4, -0.2) is 28.9 Å². The van der Waals surface area contributed by atoms with Crippen molar-refractivity contribution in [1.29, 1.82) is 0 Å². The third-order valence-electron chi connectivity index (χ3n) is 1.77. The van der Waals surface area contributed by atoms with Gasteiger partial charge in [-0.3, -0.25) is 0 Å². The first-order chi connectivity index (χ1) is 6.33. The maximum absolute atomic E-state index is 5.13. The number of hydrogen-bond donors (Lipinski definition) is 0. The summed E-state index contributed by atoms with van der Waals surface area (Å²) in [4.78, 5) is 4.46. The number of thiazole rings is 1. The van der Waals surface area contributed by atoms with Gasteiger partial charge in [0.05, 0.1) is 0 Å². The molecular weight excluding hydrogens is 245 g/mol. The van der Waals surface area contributed by atoms with Crippen molar-refractivity contribution in [3.63, 3.8) is 0 Å². The van der Waals surface area contributed by atoms with E-state index in [1.165, 1.54) is 4.70 Å². The van der Waals surface area contributed by atoms with E-state index in [0.29, 0.717) is 0 Å². The van der Waals surface area contributed by atoms with Gasteiger partial charge in [0.1, 0.15) is 0 Å². The van der Waals surface area contributed by atoms with Gasteiger partial charge in [0.15, 0.2) is 0 Å². The van der Waals surface area contributed by atoms with Crippen molar-refractivity contribution in [2.45, 2.75) is 5.21 Å². The van der Waals surface area contributed by atoms with Crippen LogP contribution in [0, 0.1) is 0 Å². The molecule has 13 heavy (non-hydrogen) atoms. The molecular formula is C9H8AsNOS. The molecule has 0 aliphatic rings. The minimum atomic E-state index is 0.870. The van der Waals surface area contributed by atoms with Gasteiger partial charge in [-0.05, 0) is 0 Å². The number of methoxy groups -OCH3 is 1. The molecule has 0 spiro atoms. The monoisotopic (exact) mass is 253 g/mol. The van der Waals surface area contributed by atoms with Crippen LogP contribution in [0.2, 0.25) is 0 Å². The van der Waals surface area contributed by atoms with Crippen molar-refractivity contribution in [1.82, 2.24) is 4.98 Å². The average molecular weight is 253 g/mol. The maximum atomic E-state index is 5.13. The molecule has 0 N–H and O–H groups in total. The quantitative estimate of drug-likeness (QED) is 0.763. The average Bonchev–Trinajstić information content (AvgIpc) is 2.58. The topological polar surface area (TPSA) is 22.1 Å². The number of nitrogens with zero attached hydrogens (tertiary/aromatic N) is 1. The molecule has 0 unspecified atom stereocenters. The minimum absolute atomic E-state index is 0.870. The van der Waals surface area contributed by atoms with Gasteiger partial charge in [-0.2, -0.15) is 0 Å². The Balaban J connectivity index is 2.57. The van der Waals surface area contributed by atoms with Gasteiger partial charge >= 0.3 is 89.4 Å². The van der Waals surface area contributed by atoms with Crippen molar-refractivity contribution in [2.75, 3.05) is 7.11 Å². The number of aromatic nitrogens is 1. The summed E-state index contributed by atoms with van der Waals surface area (Å²) in [6.07, 6.45) is 0. The molecule has 0 bridgehead atoms. The van der Waals surface area contributed by atoms with E-state index in [-0.39, 0.29) is 0 Å². The van der Waals surface area contributed by atoms with E-state index in [4.69, 9.17) is 4.74 Å². The summed E-state index contributed by atoms with van der Waals surface area (Å²) in [5.74, 6) is 0.870. The van der Waals surface area contributed by atoms with Crippen LogP contribution < -0.4 is 4.74 Å². The summed E-state index contributed by atoms with van der Waals surface area (Å²) >= 11 is 4.28. The van der Waals surface area contributed by atoms with Crippen LogP contribution in [0.1, 0.15) is 5.01 Å².